The number of para-hydroxylation sites is 1. The van der Waals surface area contributed by atoms with E-state index in [-0.39, 0.29) is 5.41 Å². The van der Waals surface area contributed by atoms with Crippen molar-refractivity contribution >= 4 is 22.6 Å². The predicted octanol–water partition coefficient (Wildman–Crippen LogP) is 5.17. The van der Waals surface area contributed by atoms with Gasteiger partial charge in [0.2, 0.25) is 0 Å². The van der Waals surface area contributed by atoms with E-state index in [4.69, 9.17) is 4.74 Å². The fourth-order valence-corrected chi connectivity index (χ4v) is 2.31. The summed E-state index contributed by atoms with van der Waals surface area (Å²) in [4.78, 5) is 0. The summed E-state index contributed by atoms with van der Waals surface area (Å²) in [5.41, 5.74) is 2.55. The van der Waals surface area contributed by atoms with E-state index in [2.05, 4.69) is 79.8 Å². The van der Waals surface area contributed by atoms with Gasteiger partial charge >= 0.3 is 0 Å². The second kappa shape index (κ2) is 5.95. The van der Waals surface area contributed by atoms with Gasteiger partial charge in [-0.05, 0) is 57.3 Å². The van der Waals surface area contributed by atoms with Crippen molar-refractivity contribution in [3.8, 4) is 5.75 Å². The van der Waals surface area contributed by atoms with Gasteiger partial charge in [0.15, 0.2) is 0 Å². The van der Waals surface area contributed by atoms with Gasteiger partial charge in [-0.2, -0.15) is 0 Å². The molecule has 0 spiro atoms. The number of halogens is 1. The van der Waals surface area contributed by atoms with Gasteiger partial charge in [-0.15, -0.1) is 0 Å². The van der Waals surface area contributed by atoms with E-state index >= 15 is 0 Å². The second-order valence-electron chi connectivity index (χ2n) is 5.66. The predicted molar refractivity (Wildman–Crippen MR) is 88.6 cm³/mol. The van der Waals surface area contributed by atoms with Crippen molar-refractivity contribution in [1.82, 2.24) is 0 Å². The van der Waals surface area contributed by atoms with E-state index in [0.29, 0.717) is 6.61 Å². The van der Waals surface area contributed by atoms with Crippen molar-refractivity contribution < 1.29 is 4.74 Å². The molecular weight excluding hydrogens is 347 g/mol. The highest BCUT2D eigenvalue weighted by atomic mass is 127. The maximum Gasteiger partial charge on any atom is 0.123 e. The fourth-order valence-electron chi connectivity index (χ4n) is 1.95. The summed E-state index contributed by atoms with van der Waals surface area (Å²) >= 11 is 2.31. The maximum atomic E-state index is 5.99. The number of hydrogen-bond acceptors (Lipinski definition) is 1. The highest BCUT2D eigenvalue weighted by molar-refractivity contribution is 14.1. The zero-order valence-corrected chi connectivity index (χ0v) is 13.8. The monoisotopic (exact) mass is 366 g/mol. The van der Waals surface area contributed by atoms with E-state index in [9.17, 15) is 0 Å². The molecule has 0 fully saturated rings. The lowest BCUT2D eigenvalue weighted by Gasteiger charge is -2.22. The minimum atomic E-state index is 0.0999. The summed E-state index contributed by atoms with van der Waals surface area (Å²) in [6.45, 7) is 7.24. The smallest absolute Gasteiger partial charge is 0.123 e. The molecule has 2 rings (SSSR count). The average molecular weight is 366 g/mol. The molecule has 0 heterocycles. The van der Waals surface area contributed by atoms with Crippen molar-refractivity contribution in [1.29, 1.82) is 0 Å². The molecule has 0 N–H and O–H groups in total. The maximum absolute atomic E-state index is 5.99. The van der Waals surface area contributed by atoms with Crippen molar-refractivity contribution in [2.75, 3.05) is 0 Å². The van der Waals surface area contributed by atoms with Crippen LogP contribution in [0.1, 0.15) is 31.9 Å². The Hall–Kier alpha value is -1.03. The number of hydrogen-bond donors (Lipinski definition) is 0. The first-order valence-corrected chi connectivity index (χ1v) is 7.51. The normalized spacial score (nSPS) is 11.4. The van der Waals surface area contributed by atoms with Gasteiger partial charge in [-0.3, -0.25) is 0 Å². The highest BCUT2D eigenvalue weighted by Gasteiger charge is 2.18. The average Bonchev–Trinajstić information content (AvgIpc) is 2.37. The Kier molecular flexibility index (Phi) is 4.50. The molecule has 0 amide bonds. The molecule has 2 heteroatoms. The van der Waals surface area contributed by atoms with E-state index in [1.165, 1.54) is 14.7 Å². The minimum Gasteiger partial charge on any atom is -0.489 e. The van der Waals surface area contributed by atoms with Crippen LogP contribution in [-0.4, -0.2) is 0 Å². The lowest BCUT2D eigenvalue weighted by molar-refractivity contribution is 0.297. The third kappa shape index (κ3) is 3.96. The molecule has 0 aliphatic rings. The summed E-state index contributed by atoms with van der Waals surface area (Å²) in [5, 5.41) is 0. The molecule has 2 aromatic carbocycles. The highest BCUT2D eigenvalue weighted by Crippen LogP contribution is 2.31. The van der Waals surface area contributed by atoms with E-state index in [1.807, 2.05) is 12.1 Å². The molecule has 0 saturated carbocycles. The van der Waals surface area contributed by atoms with Gasteiger partial charge in [-0.1, -0.05) is 51.1 Å². The van der Waals surface area contributed by atoms with Crippen LogP contribution in [0.2, 0.25) is 0 Å². The fraction of sp³-hybridized carbons (Fsp3) is 0.294. The number of ether oxygens (including phenoxy) is 1. The molecule has 0 saturated heterocycles. The Morgan fingerprint density at radius 2 is 1.58 bits per heavy atom. The Balaban J connectivity index is 2.14. The van der Waals surface area contributed by atoms with E-state index in [1.54, 1.807) is 0 Å². The summed E-state index contributed by atoms with van der Waals surface area (Å²) in [5.74, 6) is 0.980. The molecule has 0 aromatic heterocycles. The first-order valence-electron chi connectivity index (χ1n) is 6.43. The molecular formula is C17H19IO. The van der Waals surface area contributed by atoms with Crippen LogP contribution in [0.3, 0.4) is 0 Å². The molecule has 0 radical (unpaired) electrons. The summed E-state index contributed by atoms with van der Waals surface area (Å²) in [7, 11) is 0. The molecule has 19 heavy (non-hydrogen) atoms. The van der Waals surface area contributed by atoms with Gasteiger partial charge in [-0.25, -0.2) is 0 Å². The van der Waals surface area contributed by atoms with E-state index in [0.717, 1.165) is 5.75 Å². The SMILES string of the molecule is CC(C)(C)c1ccccc1OCc1ccc(I)cc1. The quantitative estimate of drug-likeness (QED) is 0.682. The lowest BCUT2D eigenvalue weighted by atomic mass is 9.86. The second-order valence-corrected chi connectivity index (χ2v) is 6.91. The topological polar surface area (TPSA) is 9.23 Å². The van der Waals surface area contributed by atoms with Crippen LogP contribution in [0.25, 0.3) is 0 Å². The van der Waals surface area contributed by atoms with Crippen LogP contribution >= 0.6 is 22.6 Å². The Bertz CT molecular complexity index is 538. The molecule has 0 bridgehead atoms. The summed E-state index contributed by atoms with van der Waals surface area (Å²) in [6.07, 6.45) is 0. The lowest BCUT2D eigenvalue weighted by Crippen LogP contribution is -2.13. The summed E-state index contributed by atoms with van der Waals surface area (Å²) in [6, 6.07) is 16.7. The third-order valence-electron chi connectivity index (χ3n) is 3.00. The van der Waals surface area contributed by atoms with Crippen molar-refractivity contribution in [3.63, 3.8) is 0 Å². The minimum absolute atomic E-state index is 0.0999. The molecule has 1 nitrogen and oxygen atoms in total. The van der Waals surface area contributed by atoms with Crippen LogP contribution in [-0.2, 0) is 12.0 Å². The van der Waals surface area contributed by atoms with Gasteiger partial charge < -0.3 is 4.74 Å². The van der Waals surface area contributed by atoms with Crippen molar-refractivity contribution in [2.45, 2.75) is 32.8 Å². The van der Waals surface area contributed by atoms with Crippen LogP contribution in [0.15, 0.2) is 48.5 Å². The first-order chi connectivity index (χ1) is 8.97. The Morgan fingerprint density at radius 1 is 0.947 bits per heavy atom. The zero-order chi connectivity index (χ0) is 13.9. The summed E-state index contributed by atoms with van der Waals surface area (Å²) < 4.78 is 7.23. The van der Waals surface area contributed by atoms with Gasteiger partial charge in [0.25, 0.3) is 0 Å². The van der Waals surface area contributed by atoms with Crippen molar-refractivity contribution in [2.24, 2.45) is 0 Å². The van der Waals surface area contributed by atoms with Crippen LogP contribution in [0, 0.1) is 3.57 Å². The Morgan fingerprint density at radius 3 is 2.21 bits per heavy atom. The number of benzene rings is 2. The van der Waals surface area contributed by atoms with E-state index < -0.39 is 0 Å². The van der Waals surface area contributed by atoms with Gasteiger partial charge in [0.1, 0.15) is 12.4 Å². The Labute approximate surface area is 129 Å². The number of rotatable bonds is 3. The van der Waals surface area contributed by atoms with Crippen LogP contribution in [0.5, 0.6) is 5.75 Å². The standard InChI is InChI=1S/C17H19IO/c1-17(2,3)15-6-4-5-7-16(15)19-12-13-8-10-14(18)11-9-13/h4-11H,12H2,1-3H3. The van der Waals surface area contributed by atoms with Crippen LogP contribution < -0.4 is 4.74 Å². The van der Waals surface area contributed by atoms with Gasteiger partial charge in [0.05, 0.1) is 0 Å². The molecule has 2 aromatic rings. The molecule has 100 valence electrons. The molecule has 0 aliphatic carbocycles. The van der Waals surface area contributed by atoms with Gasteiger partial charge in [0, 0.05) is 3.57 Å². The molecule has 0 aliphatic heterocycles. The van der Waals surface area contributed by atoms with Crippen LogP contribution in [0.4, 0.5) is 0 Å². The largest absolute Gasteiger partial charge is 0.489 e. The zero-order valence-electron chi connectivity index (χ0n) is 11.6. The third-order valence-corrected chi connectivity index (χ3v) is 3.72. The van der Waals surface area contributed by atoms with Crippen molar-refractivity contribution in [3.05, 3.63) is 63.2 Å². The molecule has 0 unspecified atom stereocenters. The molecule has 0 atom stereocenters. The first kappa shape index (κ1) is 14.4.